The Bertz CT molecular complexity index is 495. The molecular weight excluding hydrogens is 429 g/mol. The predicted octanol–water partition coefficient (Wildman–Crippen LogP) is 5.01. The van der Waals surface area contributed by atoms with Gasteiger partial charge >= 0.3 is 0 Å². The van der Waals surface area contributed by atoms with Crippen molar-refractivity contribution in [2.75, 3.05) is 0 Å². The van der Waals surface area contributed by atoms with Crippen LogP contribution in [-0.2, 0) is 0 Å². The normalized spacial score (nSPS) is 10.5. The van der Waals surface area contributed by atoms with Crippen molar-refractivity contribution in [1.29, 1.82) is 0 Å². The Labute approximate surface area is 122 Å². The van der Waals surface area contributed by atoms with Gasteiger partial charge in [0.1, 0.15) is 5.82 Å². The average Bonchev–Trinajstić information content (AvgIpc) is 2.19. The van der Waals surface area contributed by atoms with Gasteiger partial charge in [0.25, 0.3) is 0 Å². The van der Waals surface area contributed by atoms with Crippen LogP contribution in [0.3, 0.4) is 0 Å². The van der Waals surface area contributed by atoms with Crippen molar-refractivity contribution in [3.8, 4) is 11.1 Å². The molecule has 0 nitrogen and oxygen atoms in total. The van der Waals surface area contributed by atoms with Crippen LogP contribution in [0.5, 0.6) is 0 Å². The van der Waals surface area contributed by atoms with E-state index in [1.54, 1.807) is 0 Å². The highest BCUT2D eigenvalue weighted by Gasteiger charge is 2.08. The Balaban J connectivity index is 2.60. The summed E-state index contributed by atoms with van der Waals surface area (Å²) in [6.07, 6.45) is 0. The van der Waals surface area contributed by atoms with Crippen LogP contribution >= 0.6 is 45.2 Å². The monoisotopic (exact) mass is 438 g/mol. The molecule has 0 aliphatic rings. The van der Waals surface area contributed by atoms with Gasteiger partial charge in [0.15, 0.2) is 0 Å². The third kappa shape index (κ3) is 2.56. The second-order valence-electron chi connectivity index (χ2n) is 3.61. The second-order valence-corrected chi connectivity index (χ2v) is 5.93. The van der Waals surface area contributed by atoms with Crippen LogP contribution in [0.1, 0.15) is 5.56 Å². The van der Waals surface area contributed by atoms with Crippen molar-refractivity contribution in [1.82, 2.24) is 0 Å². The quantitative estimate of drug-likeness (QED) is 0.550. The molecule has 0 saturated heterocycles. The molecule has 0 N–H and O–H groups in total. The molecular formula is C13H9FI2. The van der Waals surface area contributed by atoms with E-state index in [0.717, 1.165) is 5.56 Å². The van der Waals surface area contributed by atoms with Gasteiger partial charge < -0.3 is 0 Å². The van der Waals surface area contributed by atoms with E-state index in [1.807, 2.05) is 12.1 Å². The maximum absolute atomic E-state index is 12.9. The molecule has 0 aliphatic heterocycles. The maximum Gasteiger partial charge on any atom is 0.123 e. The molecule has 2 aromatic rings. The highest BCUT2D eigenvalue weighted by Crippen LogP contribution is 2.31. The number of benzene rings is 2. The summed E-state index contributed by atoms with van der Waals surface area (Å²) in [5.41, 5.74) is 3.50. The Morgan fingerprint density at radius 2 is 1.44 bits per heavy atom. The first-order valence-corrected chi connectivity index (χ1v) is 6.95. The SMILES string of the molecule is Cc1cc(I)c(-c2ccc(F)cc2)c(I)c1. The lowest BCUT2D eigenvalue weighted by Crippen LogP contribution is -1.89. The maximum atomic E-state index is 12.9. The summed E-state index contributed by atoms with van der Waals surface area (Å²) in [4.78, 5) is 0. The summed E-state index contributed by atoms with van der Waals surface area (Å²) in [5, 5.41) is 0. The lowest BCUT2D eigenvalue weighted by Gasteiger charge is -2.09. The topological polar surface area (TPSA) is 0 Å². The van der Waals surface area contributed by atoms with Gasteiger partial charge in [-0.05, 0) is 87.5 Å². The van der Waals surface area contributed by atoms with Crippen LogP contribution < -0.4 is 0 Å². The first kappa shape index (κ1) is 12.3. The lowest BCUT2D eigenvalue weighted by atomic mass is 10.0. The molecule has 2 aromatic carbocycles. The molecule has 3 heteroatoms. The highest BCUT2D eigenvalue weighted by atomic mass is 127. The molecule has 16 heavy (non-hydrogen) atoms. The number of hydrogen-bond acceptors (Lipinski definition) is 0. The Kier molecular flexibility index (Phi) is 3.84. The standard InChI is InChI=1S/C13H9FI2/c1-8-6-11(15)13(12(16)7-8)9-2-4-10(14)5-3-9/h2-7H,1H3. The summed E-state index contributed by atoms with van der Waals surface area (Å²) in [6.45, 7) is 2.08. The third-order valence-corrected chi connectivity index (χ3v) is 4.02. The van der Waals surface area contributed by atoms with Crippen molar-refractivity contribution in [2.24, 2.45) is 0 Å². The highest BCUT2D eigenvalue weighted by molar-refractivity contribution is 14.1. The number of hydrogen-bond donors (Lipinski definition) is 0. The van der Waals surface area contributed by atoms with Crippen molar-refractivity contribution in [3.63, 3.8) is 0 Å². The molecule has 0 aliphatic carbocycles. The van der Waals surface area contributed by atoms with Gasteiger partial charge in [-0.15, -0.1) is 0 Å². The zero-order valence-electron chi connectivity index (χ0n) is 8.60. The minimum absolute atomic E-state index is 0.194. The van der Waals surface area contributed by atoms with E-state index >= 15 is 0 Å². The first-order chi connectivity index (χ1) is 7.58. The van der Waals surface area contributed by atoms with Crippen molar-refractivity contribution in [2.45, 2.75) is 6.92 Å². The van der Waals surface area contributed by atoms with Gasteiger partial charge in [-0.1, -0.05) is 12.1 Å². The van der Waals surface area contributed by atoms with E-state index in [2.05, 4.69) is 64.2 Å². The molecule has 0 radical (unpaired) electrons. The number of aryl methyl sites for hydroxylation is 1. The summed E-state index contributed by atoms with van der Waals surface area (Å²) in [7, 11) is 0. The van der Waals surface area contributed by atoms with Gasteiger partial charge in [-0.2, -0.15) is 0 Å². The molecule has 0 bridgehead atoms. The van der Waals surface area contributed by atoms with E-state index in [0.29, 0.717) is 0 Å². The zero-order chi connectivity index (χ0) is 11.7. The van der Waals surface area contributed by atoms with E-state index < -0.39 is 0 Å². The largest absolute Gasteiger partial charge is 0.207 e. The van der Waals surface area contributed by atoms with Crippen LogP contribution in [0.15, 0.2) is 36.4 Å². The molecule has 0 heterocycles. The number of halogens is 3. The predicted molar refractivity (Wildman–Crippen MR) is 82.0 cm³/mol. The van der Waals surface area contributed by atoms with Gasteiger partial charge in [-0.25, -0.2) is 4.39 Å². The summed E-state index contributed by atoms with van der Waals surface area (Å²) >= 11 is 4.65. The second kappa shape index (κ2) is 5.00. The summed E-state index contributed by atoms with van der Waals surface area (Å²) in [5.74, 6) is -0.194. The minimum Gasteiger partial charge on any atom is -0.207 e. The Morgan fingerprint density at radius 1 is 0.938 bits per heavy atom. The molecule has 0 fully saturated rings. The van der Waals surface area contributed by atoms with Crippen LogP contribution in [0.25, 0.3) is 11.1 Å². The third-order valence-electron chi connectivity index (χ3n) is 2.32. The van der Waals surface area contributed by atoms with Gasteiger partial charge in [0.05, 0.1) is 0 Å². The molecule has 0 saturated carbocycles. The Morgan fingerprint density at radius 3 is 1.94 bits per heavy atom. The minimum atomic E-state index is -0.194. The number of rotatable bonds is 1. The zero-order valence-corrected chi connectivity index (χ0v) is 12.9. The molecule has 0 atom stereocenters. The van der Waals surface area contributed by atoms with Crippen LogP contribution in [0.2, 0.25) is 0 Å². The first-order valence-electron chi connectivity index (χ1n) is 4.79. The molecule has 0 amide bonds. The molecule has 2 rings (SSSR count). The van der Waals surface area contributed by atoms with E-state index in [4.69, 9.17) is 0 Å². The van der Waals surface area contributed by atoms with E-state index in [9.17, 15) is 4.39 Å². The fraction of sp³-hybridized carbons (Fsp3) is 0.0769. The molecule has 0 spiro atoms. The van der Waals surface area contributed by atoms with E-state index in [-0.39, 0.29) is 5.82 Å². The van der Waals surface area contributed by atoms with Crippen molar-refractivity contribution >= 4 is 45.2 Å². The fourth-order valence-electron chi connectivity index (χ4n) is 1.59. The lowest BCUT2D eigenvalue weighted by molar-refractivity contribution is 0.628. The van der Waals surface area contributed by atoms with Crippen LogP contribution in [-0.4, -0.2) is 0 Å². The smallest absolute Gasteiger partial charge is 0.123 e. The molecule has 0 aromatic heterocycles. The van der Waals surface area contributed by atoms with Crippen LogP contribution in [0, 0.1) is 19.9 Å². The van der Waals surface area contributed by atoms with Crippen molar-refractivity contribution < 1.29 is 4.39 Å². The summed E-state index contributed by atoms with van der Waals surface area (Å²) in [6, 6.07) is 10.9. The average molecular weight is 438 g/mol. The molecule has 0 unspecified atom stereocenters. The summed E-state index contributed by atoms with van der Waals surface area (Å²) < 4.78 is 15.3. The van der Waals surface area contributed by atoms with E-state index in [1.165, 1.54) is 30.4 Å². The van der Waals surface area contributed by atoms with Gasteiger partial charge in [0, 0.05) is 12.7 Å². The van der Waals surface area contributed by atoms with Gasteiger partial charge in [-0.3, -0.25) is 0 Å². The van der Waals surface area contributed by atoms with Crippen molar-refractivity contribution in [3.05, 3.63) is 54.9 Å². The van der Waals surface area contributed by atoms with Crippen LogP contribution in [0.4, 0.5) is 4.39 Å². The van der Waals surface area contributed by atoms with Gasteiger partial charge in [0.2, 0.25) is 0 Å². The molecule has 82 valence electrons. The Hall–Kier alpha value is -0.170. The fourth-order valence-corrected chi connectivity index (χ4v) is 4.29.